The summed E-state index contributed by atoms with van der Waals surface area (Å²) >= 11 is 0. The average Bonchev–Trinajstić information content (AvgIpc) is 3.23. The molecule has 1 atom stereocenters. The van der Waals surface area contributed by atoms with Gasteiger partial charge >= 0.3 is 0 Å². The van der Waals surface area contributed by atoms with Crippen molar-refractivity contribution in [3.8, 4) is 0 Å². The van der Waals surface area contributed by atoms with Crippen LogP contribution in [0.5, 0.6) is 0 Å². The van der Waals surface area contributed by atoms with Gasteiger partial charge in [0.2, 0.25) is 17.7 Å². The number of hydrogen-bond donors (Lipinski definition) is 0. The Labute approximate surface area is 151 Å². The fourth-order valence-electron chi connectivity index (χ4n) is 3.54. The Bertz CT molecular complexity index is 914. The Morgan fingerprint density at radius 3 is 2.73 bits per heavy atom. The summed E-state index contributed by atoms with van der Waals surface area (Å²) in [6.45, 7) is 3.40. The molecular formula is C19H21N5O2. The average molecular weight is 351 g/mol. The Balaban J connectivity index is 1.44. The van der Waals surface area contributed by atoms with Crippen LogP contribution in [0.4, 0.5) is 0 Å². The van der Waals surface area contributed by atoms with Crippen LogP contribution >= 0.6 is 0 Å². The molecule has 26 heavy (non-hydrogen) atoms. The third-order valence-corrected chi connectivity index (χ3v) is 5.18. The van der Waals surface area contributed by atoms with Crippen LogP contribution in [-0.2, 0) is 25.9 Å². The molecule has 1 aliphatic carbocycles. The second kappa shape index (κ2) is 6.32. The molecule has 0 bridgehead atoms. The van der Waals surface area contributed by atoms with E-state index in [2.05, 4.69) is 49.5 Å². The third-order valence-electron chi connectivity index (χ3n) is 5.18. The number of benzene rings is 1. The van der Waals surface area contributed by atoms with Crippen LogP contribution in [-0.4, -0.2) is 25.2 Å². The van der Waals surface area contributed by atoms with Crippen LogP contribution in [0.3, 0.4) is 0 Å². The molecule has 3 heterocycles. The van der Waals surface area contributed by atoms with Crippen molar-refractivity contribution in [1.29, 1.82) is 0 Å². The van der Waals surface area contributed by atoms with E-state index in [-0.39, 0.29) is 6.04 Å². The summed E-state index contributed by atoms with van der Waals surface area (Å²) < 4.78 is 11.4. The molecule has 1 saturated carbocycles. The molecule has 134 valence electrons. The summed E-state index contributed by atoms with van der Waals surface area (Å²) in [5, 5.41) is 12.6. The summed E-state index contributed by atoms with van der Waals surface area (Å²) in [6.07, 6.45) is 3.91. The molecule has 0 amide bonds. The monoisotopic (exact) mass is 351 g/mol. The molecule has 0 unspecified atom stereocenters. The summed E-state index contributed by atoms with van der Waals surface area (Å²) in [7, 11) is 0. The van der Waals surface area contributed by atoms with Gasteiger partial charge in [0.15, 0.2) is 5.82 Å². The Morgan fingerprint density at radius 1 is 1.12 bits per heavy atom. The van der Waals surface area contributed by atoms with Gasteiger partial charge in [-0.15, -0.1) is 10.2 Å². The van der Waals surface area contributed by atoms with E-state index in [9.17, 15) is 0 Å². The van der Waals surface area contributed by atoms with Gasteiger partial charge in [-0.05, 0) is 30.4 Å². The van der Waals surface area contributed by atoms with Gasteiger partial charge < -0.3 is 8.94 Å². The van der Waals surface area contributed by atoms with Crippen molar-refractivity contribution in [2.24, 2.45) is 0 Å². The van der Waals surface area contributed by atoms with E-state index in [1.54, 1.807) is 0 Å². The smallest absolute Gasteiger partial charge is 0.240 e. The van der Waals surface area contributed by atoms with Gasteiger partial charge in [0.1, 0.15) is 0 Å². The second-order valence-corrected chi connectivity index (χ2v) is 7.10. The lowest BCUT2D eigenvalue weighted by Gasteiger charge is -2.33. The Hall–Kier alpha value is -2.54. The molecule has 7 nitrogen and oxygen atoms in total. The van der Waals surface area contributed by atoms with Crippen LogP contribution in [0.15, 0.2) is 33.2 Å². The highest BCUT2D eigenvalue weighted by Crippen LogP contribution is 2.38. The molecular weight excluding hydrogens is 330 g/mol. The van der Waals surface area contributed by atoms with Crippen LogP contribution in [0.1, 0.15) is 66.3 Å². The maximum absolute atomic E-state index is 5.88. The first-order valence-electron chi connectivity index (χ1n) is 9.25. The van der Waals surface area contributed by atoms with E-state index < -0.39 is 0 Å². The SMILES string of the molecule is CCc1nnc([C@H]2Cc3ccccc3CN2Cc2nc(C3CC3)no2)o1. The van der Waals surface area contributed by atoms with Gasteiger partial charge in [-0.1, -0.05) is 36.3 Å². The molecule has 0 spiro atoms. The van der Waals surface area contributed by atoms with E-state index in [4.69, 9.17) is 8.94 Å². The lowest BCUT2D eigenvalue weighted by Crippen LogP contribution is -2.34. The number of rotatable bonds is 5. The van der Waals surface area contributed by atoms with Crippen molar-refractivity contribution in [2.45, 2.75) is 57.7 Å². The first kappa shape index (κ1) is 15.7. The minimum atomic E-state index is 0.0222. The Kier molecular flexibility index (Phi) is 3.81. The van der Waals surface area contributed by atoms with Crippen LogP contribution in [0.2, 0.25) is 0 Å². The molecule has 0 saturated heterocycles. The van der Waals surface area contributed by atoms with E-state index in [0.29, 0.717) is 30.1 Å². The maximum atomic E-state index is 5.88. The van der Waals surface area contributed by atoms with E-state index >= 15 is 0 Å². The van der Waals surface area contributed by atoms with Crippen molar-refractivity contribution in [3.05, 3.63) is 58.9 Å². The Morgan fingerprint density at radius 2 is 1.96 bits per heavy atom. The summed E-state index contributed by atoms with van der Waals surface area (Å²) in [5.41, 5.74) is 2.65. The highest BCUT2D eigenvalue weighted by atomic mass is 16.5. The summed E-state index contributed by atoms with van der Waals surface area (Å²) in [5.74, 6) is 3.34. The van der Waals surface area contributed by atoms with Crippen molar-refractivity contribution in [3.63, 3.8) is 0 Å². The predicted octanol–water partition coefficient (Wildman–Crippen LogP) is 3.19. The first-order valence-corrected chi connectivity index (χ1v) is 9.25. The van der Waals surface area contributed by atoms with Gasteiger partial charge in [-0.25, -0.2) is 0 Å². The minimum Gasteiger partial charge on any atom is -0.424 e. The largest absolute Gasteiger partial charge is 0.424 e. The molecule has 2 aliphatic rings. The van der Waals surface area contributed by atoms with Crippen molar-refractivity contribution < 1.29 is 8.94 Å². The number of fused-ring (bicyclic) bond motifs is 1. The van der Waals surface area contributed by atoms with Crippen LogP contribution < -0.4 is 0 Å². The maximum Gasteiger partial charge on any atom is 0.240 e. The molecule has 0 N–H and O–H groups in total. The molecule has 3 aromatic rings. The van der Waals surface area contributed by atoms with E-state index in [1.165, 1.54) is 24.0 Å². The highest BCUT2D eigenvalue weighted by Gasteiger charge is 2.33. The van der Waals surface area contributed by atoms with Crippen molar-refractivity contribution >= 4 is 0 Å². The van der Waals surface area contributed by atoms with Gasteiger partial charge in [-0.3, -0.25) is 4.90 Å². The quantitative estimate of drug-likeness (QED) is 0.698. The second-order valence-electron chi connectivity index (χ2n) is 7.10. The molecule has 1 fully saturated rings. The fraction of sp³-hybridized carbons (Fsp3) is 0.474. The van der Waals surface area contributed by atoms with E-state index in [1.807, 2.05) is 6.92 Å². The van der Waals surface area contributed by atoms with Gasteiger partial charge in [0, 0.05) is 18.9 Å². The third kappa shape index (κ3) is 2.92. The zero-order valence-electron chi connectivity index (χ0n) is 14.8. The lowest BCUT2D eigenvalue weighted by molar-refractivity contribution is 0.120. The number of aromatic nitrogens is 4. The molecule has 2 aromatic heterocycles. The fourth-order valence-corrected chi connectivity index (χ4v) is 3.54. The summed E-state index contributed by atoms with van der Waals surface area (Å²) in [6, 6.07) is 8.53. The zero-order valence-corrected chi connectivity index (χ0v) is 14.8. The van der Waals surface area contributed by atoms with Crippen LogP contribution in [0, 0.1) is 0 Å². The topological polar surface area (TPSA) is 81.1 Å². The standard InChI is InChI=1S/C19H21N5O2/c1-2-16-21-22-19(25-16)15-9-13-5-3-4-6-14(13)10-24(15)11-17-20-18(23-26-17)12-7-8-12/h3-6,12,15H,2,7-11H2,1H3/t15-/m1/s1. The number of aryl methyl sites for hydroxylation is 1. The van der Waals surface area contributed by atoms with E-state index in [0.717, 1.165) is 25.2 Å². The summed E-state index contributed by atoms with van der Waals surface area (Å²) in [4.78, 5) is 6.88. The molecule has 1 aromatic carbocycles. The lowest BCUT2D eigenvalue weighted by atomic mass is 9.94. The molecule has 7 heteroatoms. The molecule has 5 rings (SSSR count). The number of hydrogen-bond acceptors (Lipinski definition) is 7. The normalized spacial score (nSPS) is 20.3. The predicted molar refractivity (Wildman–Crippen MR) is 92.1 cm³/mol. The van der Waals surface area contributed by atoms with Gasteiger partial charge in [-0.2, -0.15) is 4.98 Å². The zero-order chi connectivity index (χ0) is 17.5. The molecule has 0 radical (unpaired) electrons. The van der Waals surface area contributed by atoms with Crippen LogP contribution in [0.25, 0.3) is 0 Å². The minimum absolute atomic E-state index is 0.0222. The van der Waals surface area contributed by atoms with Crippen molar-refractivity contribution in [2.75, 3.05) is 0 Å². The highest BCUT2D eigenvalue weighted by molar-refractivity contribution is 5.30. The van der Waals surface area contributed by atoms with Crippen molar-refractivity contribution in [1.82, 2.24) is 25.2 Å². The van der Waals surface area contributed by atoms with Gasteiger partial charge in [0.25, 0.3) is 0 Å². The number of nitrogens with zero attached hydrogens (tertiary/aromatic N) is 5. The van der Waals surface area contributed by atoms with Gasteiger partial charge in [0.05, 0.1) is 12.6 Å². The molecule has 1 aliphatic heterocycles. The first-order chi connectivity index (χ1) is 12.8.